The quantitative estimate of drug-likeness (QED) is 0.775. The molecule has 1 aliphatic rings. The number of ether oxygens (including phenoxy) is 2. The highest BCUT2D eigenvalue weighted by atomic mass is 16.5. The molecule has 1 fully saturated rings. The third kappa shape index (κ3) is 4.85. The van der Waals surface area contributed by atoms with Crippen LogP contribution < -0.4 is 4.74 Å². The third-order valence-electron chi connectivity index (χ3n) is 3.54. The van der Waals surface area contributed by atoms with E-state index in [0.29, 0.717) is 25.1 Å². The number of hydrogen-bond donors (Lipinski definition) is 1. The molecule has 20 heavy (non-hydrogen) atoms. The number of carbonyl (C=O) groups is 1. The van der Waals surface area contributed by atoms with Crippen molar-refractivity contribution in [2.24, 2.45) is 0 Å². The highest BCUT2D eigenvalue weighted by Gasteiger charge is 2.13. The van der Waals surface area contributed by atoms with Crippen molar-refractivity contribution in [2.75, 3.05) is 13.2 Å². The zero-order chi connectivity index (χ0) is 14.2. The van der Waals surface area contributed by atoms with Gasteiger partial charge in [0, 0.05) is 6.42 Å². The van der Waals surface area contributed by atoms with Crippen LogP contribution in [0.3, 0.4) is 0 Å². The number of hydrogen-bond acceptors (Lipinski definition) is 3. The van der Waals surface area contributed by atoms with Gasteiger partial charge in [-0.1, -0.05) is 25.3 Å². The molecule has 0 atom stereocenters. The van der Waals surface area contributed by atoms with Gasteiger partial charge in [0.1, 0.15) is 5.75 Å². The van der Waals surface area contributed by atoms with Crippen LogP contribution in [0.25, 0.3) is 0 Å². The summed E-state index contributed by atoms with van der Waals surface area (Å²) in [6, 6.07) is 6.57. The molecule has 110 valence electrons. The molecule has 1 saturated carbocycles. The van der Waals surface area contributed by atoms with Crippen molar-refractivity contribution in [3.05, 3.63) is 29.8 Å². The molecular formula is C16H22O4. The standard InChI is InChI=1S/C16H22O4/c17-16(18)13-6-4-9-15(12-13)20-11-5-10-19-14-7-2-1-3-8-14/h4,6,9,12,14H,1-3,5,7-8,10-11H2,(H,17,18). The first-order chi connectivity index (χ1) is 9.75. The molecular weight excluding hydrogens is 256 g/mol. The van der Waals surface area contributed by atoms with Crippen molar-refractivity contribution >= 4 is 5.97 Å². The van der Waals surface area contributed by atoms with Gasteiger partial charge in [0.25, 0.3) is 0 Å². The van der Waals surface area contributed by atoms with Crippen molar-refractivity contribution in [3.63, 3.8) is 0 Å². The topological polar surface area (TPSA) is 55.8 Å². The smallest absolute Gasteiger partial charge is 0.335 e. The maximum Gasteiger partial charge on any atom is 0.335 e. The Hall–Kier alpha value is -1.55. The Morgan fingerprint density at radius 3 is 2.75 bits per heavy atom. The first-order valence-corrected chi connectivity index (χ1v) is 7.33. The lowest BCUT2D eigenvalue weighted by molar-refractivity contribution is 0.0226. The molecule has 0 aliphatic heterocycles. The predicted molar refractivity (Wildman–Crippen MR) is 76.3 cm³/mol. The fourth-order valence-electron chi connectivity index (χ4n) is 2.45. The Kier molecular flexibility index (Phi) is 5.87. The SMILES string of the molecule is O=C(O)c1cccc(OCCCOC2CCCCC2)c1. The minimum absolute atomic E-state index is 0.251. The molecule has 4 heteroatoms. The molecule has 2 rings (SSSR count). The third-order valence-corrected chi connectivity index (χ3v) is 3.54. The van der Waals surface area contributed by atoms with Gasteiger partial charge in [-0.25, -0.2) is 4.79 Å². The van der Waals surface area contributed by atoms with E-state index in [2.05, 4.69) is 0 Å². The Morgan fingerprint density at radius 2 is 2.00 bits per heavy atom. The normalized spacial score (nSPS) is 16.0. The molecule has 0 radical (unpaired) electrons. The summed E-state index contributed by atoms with van der Waals surface area (Å²) in [5.74, 6) is -0.335. The van der Waals surface area contributed by atoms with Crippen LogP contribution in [-0.4, -0.2) is 30.4 Å². The van der Waals surface area contributed by atoms with E-state index in [9.17, 15) is 4.79 Å². The number of carboxylic acid groups (broad SMARTS) is 1. The minimum atomic E-state index is -0.934. The van der Waals surface area contributed by atoms with E-state index in [1.807, 2.05) is 0 Å². The van der Waals surface area contributed by atoms with Gasteiger partial charge < -0.3 is 14.6 Å². The largest absolute Gasteiger partial charge is 0.493 e. The summed E-state index contributed by atoms with van der Waals surface area (Å²) in [4.78, 5) is 10.8. The van der Waals surface area contributed by atoms with Crippen molar-refractivity contribution < 1.29 is 19.4 Å². The van der Waals surface area contributed by atoms with Crippen LogP contribution in [0.15, 0.2) is 24.3 Å². The van der Waals surface area contributed by atoms with Gasteiger partial charge in [-0.3, -0.25) is 0 Å². The van der Waals surface area contributed by atoms with Crippen LogP contribution in [0.5, 0.6) is 5.75 Å². The zero-order valence-electron chi connectivity index (χ0n) is 11.7. The molecule has 0 unspecified atom stereocenters. The number of rotatable bonds is 7. The monoisotopic (exact) mass is 278 g/mol. The van der Waals surface area contributed by atoms with E-state index in [0.717, 1.165) is 6.42 Å². The van der Waals surface area contributed by atoms with Gasteiger partial charge in [-0.05, 0) is 31.0 Å². The summed E-state index contributed by atoms with van der Waals surface area (Å²) in [6.45, 7) is 1.26. The molecule has 1 N–H and O–H groups in total. The number of benzene rings is 1. The van der Waals surface area contributed by atoms with E-state index >= 15 is 0 Å². The van der Waals surface area contributed by atoms with Gasteiger partial charge in [0.2, 0.25) is 0 Å². The summed E-state index contributed by atoms with van der Waals surface area (Å²) in [5, 5.41) is 8.89. The lowest BCUT2D eigenvalue weighted by Gasteiger charge is -2.21. The number of carboxylic acids is 1. The van der Waals surface area contributed by atoms with E-state index in [1.54, 1.807) is 24.3 Å². The second kappa shape index (κ2) is 7.90. The first kappa shape index (κ1) is 14.9. The maximum atomic E-state index is 10.8. The van der Waals surface area contributed by atoms with Crippen LogP contribution in [-0.2, 0) is 4.74 Å². The molecule has 0 bridgehead atoms. The maximum absolute atomic E-state index is 10.8. The molecule has 0 spiro atoms. The fraction of sp³-hybridized carbons (Fsp3) is 0.562. The Bertz CT molecular complexity index is 424. The van der Waals surface area contributed by atoms with Crippen LogP contribution in [0.1, 0.15) is 48.9 Å². The summed E-state index contributed by atoms with van der Waals surface area (Å²) < 4.78 is 11.4. The van der Waals surface area contributed by atoms with Crippen LogP contribution >= 0.6 is 0 Å². The molecule has 4 nitrogen and oxygen atoms in total. The molecule has 1 aromatic carbocycles. The molecule has 0 heterocycles. The van der Waals surface area contributed by atoms with Gasteiger partial charge >= 0.3 is 5.97 Å². The molecule has 0 aromatic heterocycles. The van der Waals surface area contributed by atoms with Crippen molar-refractivity contribution in [1.29, 1.82) is 0 Å². The Balaban J connectivity index is 1.63. The minimum Gasteiger partial charge on any atom is -0.493 e. The average molecular weight is 278 g/mol. The highest BCUT2D eigenvalue weighted by molar-refractivity contribution is 5.87. The average Bonchev–Trinajstić information content (AvgIpc) is 2.48. The first-order valence-electron chi connectivity index (χ1n) is 7.33. The van der Waals surface area contributed by atoms with Crippen molar-refractivity contribution in [2.45, 2.75) is 44.6 Å². The molecule has 0 amide bonds. The summed E-state index contributed by atoms with van der Waals surface area (Å²) >= 11 is 0. The van der Waals surface area contributed by atoms with Crippen LogP contribution in [0, 0.1) is 0 Å². The molecule has 1 aromatic rings. The van der Waals surface area contributed by atoms with Crippen molar-refractivity contribution in [3.8, 4) is 5.75 Å². The highest BCUT2D eigenvalue weighted by Crippen LogP contribution is 2.20. The lowest BCUT2D eigenvalue weighted by Crippen LogP contribution is -2.18. The van der Waals surface area contributed by atoms with Crippen LogP contribution in [0.2, 0.25) is 0 Å². The van der Waals surface area contributed by atoms with E-state index in [1.165, 1.54) is 32.1 Å². The van der Waals surface area contributed by atoms with E-state index in [-0.39, 0.29) is 5.56 Å². The molecule has 1 aliphatic carbocycles. The van der Waals surface area contributed by atoms with Gasteiger partial charge in [-0.2, -0.15) is 0 Å². The Labute approximate surface area is 119 Å². The number of aromatic carboxylic acids is 1. The summed E-state index contributed by atoms with van der Waals surface area (Å²) in [6.07, 6.45) is 7.52. The predicted octanol–water partition coefficient (Wildman–Crippen LogP) is 3.50. The fourth-order valence-corrected chi connectivity index (χ4v) is 2.45. The van der Waals surface area contributed by atoms with Gasteiger partial charge in [0.05, 0.1) is 24.9 Å². The lowest BCUT2D eigenvalue weighted by atomic mass is 9.98. The van der Waals surface area contributed by atoms with E-state index in [4.69, 9.17) is 14.6 Å². The summed E-state index contributed by atoms with van der Waals surface area (Å²) in [7, 11) is 0. The zero-order valence-corrected chi connectivity index (χ0v) is 11.7. The Morgan fingerprint density at radius 1 is 1.20 bits per heavy atom. The van der Waals surface area contributed by atoms with Crippen molar-refractivity contribution in [1.82, 2.24) is 0 Å². The summed E-state index contributed by atoms with van der Waals surface area (Å²) in [5.41, 5.74) is 0.251. The van der Waals surface area contributed by atoms with Gasteiger partial charge in [-0.15, -0.1) is 0 Å². The van der Waals surface area contributed by atoms with E-state index < -0.39 is 5.97 Å². The second-order valence-electron chi connectivity index (χ2n) is 5.17. The van der Waals surface area contributed by atoms with Gasteiger partial charge in [0.15, 0.2) is 0 Å². The molecule has 0 saturated heterocycles. The van der Waals surface area contributed by atoms with Crippen LogP contribution in [0.4, 0.5) is 0 Å². The second-order valence-corrected chi connectivity index (χ2v) is 5.17.